The SMILES string of the molecule is Cn1[nH]c(=O)nc1-c1ccccn1. The zero-order valence-corrected chi connectivity index (χ0v) is 7.06. The zero-order chi connectivity index (χ0) is 9.26. The Morgan fingerprint density at radius 2 is 2.31 bits per heavy atom. The average molecular weight is 176 g/mol. The lowest BCUT2D eigenvalue weighted by molar-refractivity contribution is 0.761. The van der Waals surface area contributed by atoms with Crippen LogP contribution in [0.15, 0.2) is 29.2 Å². The van der Waals surface area contributed by atoms with E-state index < -0.39 is 0 Å². The Morgan fingerprint density at radius 3 is 2.85 bits per heavy atom. The van der Waals surface area contributed by atoms with Crippen molar-refractivity contribution in [2.24, 2.45) is 7.05 Å². The molecule has 0 saturated heterocycles. The first-order chi connectivity index (χ1) is 6.27. The van der Waals surface area contributed by atoms with Crippen LogP contribution in [-0.4, -0.2) is 19.7 Å². The van der Waals surface area contributed by atoms with Gasteiger partial charge in [-0.1, -0.05) is 6.07 Å². The molecule has 0 aromatic carbocycles. The van der Waals surface area contributed by atoms with Crippen LogP contribution in [0.25, 0.3) is 11.5 Å². The summed E-state index contributed by atoms with van der Waals surface area (Å²) in [5.41, 5.74) is 0.325. The first-order valence-corrected chi connectivity index (χ1v) is 3.82. The topological polar surface area (TPSA) is 63.6 Å². The summed E-state index contributed by atoms with van der Waals surface area (Å²) in [6.07, 6.45) is 1.66. The summed E-state index contributed by atoms with van der Waals surface area (Å²) >= 11 is 0. The normalized spacial score (nSPS) is 10.2. The molecule has 66 valence electrons. The molecule has 2 aromatic rings. The zero-order valence-electron chi connectivity index (χ0n) is 7.06. The Balaban J connectivity index is 2.59. The number of aryl methyl sites for hydroxylation is 1. The predicted octanol–water partition coefficient (Wildman–Crippen LogP) is 0.170. The highest BCUT2D eigenvalue weighted by molar-refractivity contribution is 5.47. The second-order valence-corrected chi connectivity index (χ2v) is 2.63. The fourth-order valence-corrected chi connectivity index (χ4v) is 1.12. The summed E-state index contributed by atoms with van der Waals surface area (Å²) in [7, 11) is 1.72. The van der Waals surface area contributed by atoms with E-state index in [2.05, 4.69) is 15.1 Å². The van der Waals surface area contributed by atoms with Gasteiger partial charge in [0.25, 0.3) is 0 Å². The Morgan fingerprint density at radius 1 is 1.46 bits per heavy atom. The number of hydrogen-bond acceptors (Lipinski definition) is 3. The molecular formula is C8H8N4O. The molecule has 0 atom stereocenters. The Labute approximate surface area is 74.1 Å². The third-order valence-electron chi connectivity index (χ3n) is 1.68. The molecule has 0 aliphatic heterocycles. The molecule has 0 spiro atoms. The van der Waals surface area contributed by atoms with E-state index >= 15 is 0 Å². The van der Waals surface area contributed by atoms with Crippen molar-refractivity contribution in [2.75, 3.05) is 0 Å². The summed E-state index contributed by atoms with van der Waals surface area (Å²) in [4.78, 5) is 18.7. The van der Waals surface area contributed by atoms with Gasteiger partial charge < -0.3 is 0 Å². The lowest BCUT2D eigenvalue weighted by Crippen LogP contribution is -2.03. The first kappa shape index (κ1) is 7.72. The summed E-state index contributed by atoms with van der Waals surface area (Å²) in [6.45, 7) is 0. The summed E-state index contributed by atoms with van der Waals surface area (Å²) in [6, 6.07) is 5.46. The monoisotopic (exact) mass is 176 g/mol. The third kappa shape index (κ3) is 1.35. The second-order valence-electron chi connectivity index (χ2n) is 2.63. The molecule has 2 rings (SSSR count). The Kier molecular flexibility index (Phi) is 1.70. The first-order valence-electron chi connectivity index (χ1n) is 3.82. The number of aromatic nitrogens is 4. The number of H-pyrrole nitrogens is 1. The van der Waals surface area contributed by atoms with E-state index in [1.807, 2.05) is 12.1 Å². The predicted molar refractivity (Wildman–Crippen MR) is 47.1 cm³/mol. The maximum absolute atomic E-state index is 10.9. The Bertz CT molecular complexity index is 456. The van der Waals surface area contributed by atoms with Gasteiger partial charge in [0.2, 0.25) is 0 Å². The summed E-state index contributed by atoms with van der Waals surface area (Å²) in [5.74, 6) is 0.547. The maximum atomic E-state index is 10.9. The average Bonchev–Trinajstić information content (AvgIpc) is 2.47. The standard InChI is InChI=1S/C8H8N4O/c1-12-7(10-8(13)11-12)6-4-2-3-5-9-6/h2-5H,1H3,(H,11,13). The van der Waals surface area contributed by atoms with E-state index in [4.69, 9.17) is 0 Å². The van der Waals surface area contributed by atoms with Crippen molar-refractivity contribution in [3.63, 3.8) is 0 Å². The summed E-state index contributed by atoms with van der Waals surface area (Å²) in [5, 5.41) is 2.52. The van der Waals surface area contributed by atoms with Gasteiger partial charge in [-0.2, -0.15) is 4.98 Å². The van der Waals surface area contributed by atoms with Crippen LogP contribution in [0.3, 0.4) is 0 Å². The third-order valence-corrected chi connectivity index (χ3v) is 1.68. The molecule has 5 nitrogen and oxygen atoms in total. The summed E-state index contributed by atoms with van der Waals surface area (Å²) < 4.78 is 1.55. The van der Waals surface area contributed by atoms with Crippen molar-refractivity contribution >= 4 is 0 Å². The highest BCUT2D eigenvalue weighted by Crippen LogP contribution is 2.08. The fraction of sp³-hybridized carbons (Fsp3) is 0.125. The van der Waals surface area contributed by atoms with Gasteiger partial charge in [-0.15, -0.1) is 0 Å². The van der Waals surface area contributed by atoms with Crippen molar-refractivity contribution in [1.82, 2.24) is 19.7 Å². The van der Waals surface area contributed by atoms with Gasteiger partial charge in [0, 0.05) is 13.2 Å². The number of pyridine rings is 1. The molecule has 0 unspecified atom stereocenters. The minimum Gasteiger partial charge on any atom is -0.268 e. The molecule has 0 amide bonds. The molecule has 1 N–H and O–H groups in total. The van der Waals surface area contributed by atoms with Crippen LogP contribution in [0.5, 0.6) is 0 Å². The fourth-order valence-electron chi connectivity index (χ4n) is 1.12. The molecule has 0 aliphatic carbocycles. The van der Waals surface area contributed by atoms with Gasteiger partial charge in [-0.25, -0.2) is 9.89 Å². The van der Waals surface area contributed by atoms with Gasteiger partial charge in [0.15, 0.2) is 5.82 Å². The van der Waals surface area contributed by atoms with E-state index in [1.54, 1.807) is 24.0 Å². The van der Waals surface area contributed by atoms with Crippen LogP contribution < -0.4 is 5.69 Å². The van der Waals surface area contributed by atoms with Crippen LogP contribution in [-0.2, 0) is 7.05 Å². The largest absolute Gasteiger partial charge is 0.361 e. The maximum Gasteiger partial charge on any atom is 0.361 e. The van der Waals surface area contributed by atoms with E-state index in [1.165, 1.54) is 0 Å². The van der Waals surface area contributed by atoms with E-state index in [0.717, 1.165) is 0 Å². The number of nitrogens with one attached hydrogen (secondary N) is 1. The highest BCUT2D eigenvalue weighted by Gasteiger charge is 2.05. The number of hydrogen-bond donors (Lipinski definition) is 1. The second kappa shape index (κ2) is 2.85. The lowest BCUT2D eigenvalue weighted by atomic mass is 10.3. The van der Waals surface area contributed by atoms with E-state index in [0.29, 0.717) is 11.5 Å². The Hall–Kier alpha value is -1.91. The van der Waals surface area contributed by atoms with Gasteiger partial charge in [-0.05, 0) is 12.1 Å². The minimum atomic E-state index is -0.358. The number of aromatic amines is 1. The van der Waals surface area contributed by atoms with Crippen LogP contribution in [0, 0.1) is 0 Å². The van der Waals surface area contributed by atoms with Crippen LogP contribution >= 0.6 is 0 Å². The quantitative estimate of drug-likeness (QED) is 0.673. The van der Waals surface area contributed by atoms with Crippen LogP contribution in [0.1, 0.15) is 0 Å². The molecule has 0 fully saturated rings. The van der Waals surface area contributed by atoms with Crippen molar-refractivity contribution < 1.29 is 0 Å². The lowest BCUT2D eigenvalue weighted by Gasteiger charge is -1.97. The number of rotatable bonds is 1. The molecular weight excluding hydrogens is 168 g/mol. The number of nitrogens with zero attached hydrogens (tertiary/aromatic N) is 3. The minimum absolute atomic E-state index is 0.358. The van der Waals surface area contributed by atoms with E-state index in [9.17, 15) is 4.79 Å². The van der Waals surface area contributed by atoms with Gasteiger partial charge >= 0.3 is 5.69 Å². The molecule has 5 heteroatoms. The van der Waals surface area contributed by atoms with Gasteiger partial charge in [-0.3, -0.25) is 9.67 Å². The van der Waals surface area contributed by atoms with Crippen molar-refractivity contribution in [1.29, 1.82) is 0 Å². The van der Waals surface area contributed by atoms with Crippen molar-refractivity contribution in [3.05, 3.63) is 34.9 Å². The molecule has 13 heavy (non-hydrogen) atoms. The highest BCUT2D eigenvalue weighted by atomic mass is 16.1. The molecule has 0 bridgehead atoms. The van der Waals surface area contributed by atoms with Crippen molar-refractivity contribution in [3.8, 4) is 11.5 Å². The van der Waals surface area contributed by atoms with Crippen LogP contribution in [0.2, 0.25) is 0 Å². The molecule has 0 aliphatic rings. The molecule has 0 radical (unpaired) electrons. The van der Waals surface area contributed by atoms with Gasteiger partial charge in [0.1, 0.15) is 5.69 Å². The smallest absolute Gasteiger partial charge is 0.268 e. The van der Waals surface area contributed by atoms with Crippen molar-refractivity contribution in [2.45, 2.75) is 0 Å². The molecule has 0 saturated carbocycles. The molecule has 2 aromatic heterocycles. The van der Waals surface area contributed by atoms with E-state index in [-0.39, 0.29) is 5.69 Å². The van der Waals surface area contributed by atoms with Gasteiger partial charge in [0.05, 0.1) is 0 Å². The van der Waals surface area contributed by atoms with Crippen LogP contribution in [0.4, 0.5) is 0 Å². The molecule has 2 heterocycles.